The van der Waals surface area contributed by atoms with Gasteiger partial charge in [-0.1, -0.05) is 0 Å². The van der Waals surface area contributed by atoms with Crippen molar-refractivity contribution in [2.75, 3.05) is 30.4 Å². The molecule has 0 saturated carbocycles. The van der Waals surface area contributed by atoms with Gasteiger partial charge >= 0.3 is 6.01 Å². The van der Waals surface area contributed by atoms with Gasteiger partial charge in [-0.3, -0.25) is 4.79 Å². The minimum Gasteiger partial charge on any atom is -0.461 e. The number of amides is 1. The highest BCUT2D eigenvalue weighted by Gasteiger charge is 2.15. The third kappa shape index (κ3) is 4.57. The number of anilines is 2. The van der Waals surface area contributed by atoms with E-state index in [9.17, 15) is 4.79 Å². The standard InChI is InChI=1S/C11H20N6O2/c1-5-17(6-8(12)18)10-14-9(13-4)15-11(16-10)19-7(2)3/h7H,5-6H2,1-4H3,(H2,12,18)(H,13,14,15,16). The molecule has 0 fully saturated rings. The number of carbonyl (C=O) groups is 1. The lowest BCUT2D eigenvalue weighted by atomic mass is 10.5. The molecule has 1 rings (SSSR count). The number of hydrogen-bond donors (Lipinski definition) is 2. The zero-order chi connectivity index (χ0) is 14.4. The van der Waals surface area contributed by atoms with Crippen molar-refractivity contribution in [3.05, 3.63) is 0 Å². The Morgan fingerprint density at radius 1 is 1.42 bits per heavy atom. The van der Waals surface area contributed by atoms with E-state index in [-0.39, 0.29) is 18.7 Å². The van der Waals surface area contributed by atoms with E-state index in [0.717, 1.165) is 0 Å². The van der Waals surface area contributed by atoms with Gasteiger partial charge in [-0.2, -0.15) is 15.0 Å². The van der Waals surface area contributed by atoms with Crippen LogP contribution in [0.3, 0.4) is 0 Å². The zero-order valence-electron chi connectivity index (χ0n) is 11.7. The molecule has 3 N–H and O–H groups in total. The van der Waals surface area contributed by atoms with Gasteiger partial charge in [0.25, 0.3) is 0 Å². The SMILES string of the molecule is CCN(CC(N)=O)c1nc(NC)nc(OC(C)C)n1. The number of primary amides is 1. The number of carbonyl (C=O) groups excluding carboxylic acids is 1. The van der Waals surface area contributed by atoms with Crippen LogP contribution >= 0.6 is 0 Å². The Morgan fingerprint density at radius 2 is 2.11 bits per heavy atom. The molecule has 0 unspecified atom stereocenters. The summed E-state index contributed by atoms with van der Waals surface area (Å²) in [7, 11) is 1.70. The maximum absolute atomic E-state index is 11.0. The first kappa shape index (κ1) is 14.9. The first-order valence-electron chi connectivity index (χ1n) is 6.10. The quantitative estimate of drug-likeness (QED) is 0.717. The second kappa shape index (κ2) is 6.72. The molecule has 1 aromatic heterocycles. The van der Waals surface area contributed by atoms with Crippen LogP contribution in [0.5, 0.6) is 6.01 Å². The molecule has 0 spiro atoms. The summed E-state index contributed by atoms with van der Waals surface area (Å²) in [5, 5.41) is 2.83. The lowest BCUT2D eigenvalue weighted by Crippen LogP contribution is -2.35. The number of nitrogens with two attached hydrogens (primary N) is 1. The highest BCUT2D eigenvalue weighted by atomic mass is 16.5. The first-order valence-corrected chi connectivity index (χ1v) is 6.10. The Morgan fingerprint density at radius 3 is 2.58 bits per heavy atom. The monoisotopic (exact) mass is 268 g/mol. The molecule has 0 bridgehead atoms. The third-order valence-corrected chi connectivity index (χ3v) is 2.18. The second-order valence-corrected chi connectivity index (χ2v) is 4.14. The molecular formula is C11H20N6O2. The van der Waals surface area contributed by atoms with E-state index >= 15 is 0 Å². The predicted octanol–water partition coefficient (Wildman–Crippen LogP) is 0.0121. The van der Waals surface area contributed by atoms with Crippen molar-refractivity contribution in [1.29, 1.82) is 0 Å². The number of nitrogens with one attached hydrogen (secondary N) is 1. The van der Waals surface area contributed by atoms with E-state index in [0.29, 0.717) is 18.4 Å². The molecule has 1 aromatic rings. The Bertz CT molecular complexity index is 437. The van der Waals surface area contributed by atoms with Crippen LogP contribution in [0.4, 0.5) is 11.9 Å². The molecule has 106 valence electrons. The highest BCUT2D eigenvalue weighted by Crippen LogP contribution is 2.15. The van der Waals surface area contributed by atoms with E-state index in [1.165, 1.54) is 0 Å². The Hall–Kier alpha value is -2.12. The van der Waals surface area contributed by atoms with Gasteiger partial charge in [-0.15, -0.1) is 0 Å². The Kier molecular flexibility index (Phi) is 5.28. The number of rotatable bonds is 7. The Labute approximate surface area is 112 Å². The van der Waals surface area contributed by atoms with Crippen LogP contribution < -0.4 is 20.7 Å². The van der Waals surface area contributed by atoms with Crippen LogP contribution in [0.1, 0.15) is 20.8 Å². The average molecular weight is 268 g/mol. The smallest absolute Gasteiger partial charge is 0.323 e. The summed E-state index contributed by atoms with van der Waals surface area (Å²) in [6.45, 7) is 6.24. The van der Waals surface area contributed by atoms with Crippen LogP contribution in [-0.2, 0) is 4.79 Å². The molecule has 19 heavy (non-hydrogen) atoms. The van der Waals surface area contributed by atoms with Crippen LogP contribution in [0, 0.1) is 0 Å². The molecule has 0 aliphatic rings. The summed E-state index contributed by atoms with van der Waals surface area (Å²) >= 11 is 0. The number of ether oxygens (including phenoxy) is 1. The molecule has 8 heteroatoms. The summed E-state index contributed by atoms with van der Waals surface area (Å²) in [5.41, 5.74) is 5.20. The van der Waals surface area contributed by atoms with Crippen molar-refractivity contribution >= 4 is 17.8 Å². The van der Waals surface area contributed by atoms with Crippen molar-refractivity contribution in [2.45, 2.75) is 26.9 Å². The van der Waals surface area contributed by atoms with E-state index in [2.05, 4.69) is 20.3 Å². The summed E-state index contributed by atoms with van der Waals surface area (Å²) in [6, 6.07) is 0.215. The van der Waals surface area contributed by atoms with E-state index in [1.54, 1.807) is 11.9 Å². The van der Waals surface area contributed by atoms with Gasteiger partial charge in [0, 0.05) is 13.6 Å². The van der Waals surface area contributed by atoms with Crippen molar-refractivity contribution < 1.29 is 9.53 Å². The molecule has 0 aromatic carbocycles. The lowest BCUT2D eigenvalue weighted by Gasteiger charge is -2.20. The van der Waals surface area contributed by atoms with Crippen LogP contribution in [0.2, 0.25) is 0 Å². The summed E-state index contributed by atoms with van der Waals surface area (Å²) in [5.74, 6) is 0.291. The minimum absolute atomic E-state index is 0.0464. The fraction of sp³-hybridized carbons (Fsp3) is 0.636. The van der Waals surface area contributed by atoms with Crippen LogP contribution in [0.25, 0.3) is 0 Å². The molecule has 1 heterocycles. The maximum Gasteiger partial charge on any atom is 0.323 e. The van der Waals surface area contributed by atoms with Crippen LogP contribution in [0.15, 0.2) is 0 Å². The number of aromatic nitrogens is 3. The second-order valence-electron chi connectivity index (χ2n) is 4.14. The molecule has 0 aliphatic heterocycles. The molecule has 0 atom stereocenters. The van der Waals surface area contributed by atoms with E-state index in [4.69, 9.17) is 10.5 Å². The van der Waals surface area contributed by atoms with Crippen LogP contribution in [-0.4, -0.2) is 47.1 Å². The Balaban J connectivity index is 3.06. The van der Waals surface area contributed by atoms with Crippen molar-refractivity contribution in [3.63, 3.8) is 0 Å². The van der Waals surface area contributed by atoms with Gasteiger partial charge in [0.15, 0.2) is 0 Å². The molecule has 1 amide bonds. The normalized spacial score (nSPS) is 10.4. The third-order valence-electron chi connectivity index (χ3n) is 2.18. The topological polar surface area (TPSA) is 106 Å². The van der Waals surface area contributed by atoms with Gasteiger partial charge < -0.3 is 20.7 Å². The lowest BCUT2D eigenvalue weighted by molar-refractivity contribution is -0.116. The number of likely N-dealkylation sites (N-methyl/N-ethyl adjacent to an activating group) is 1. The van der Waals surface area contributed by atoms with Crippen molar-refractivity contribution in [2.24, 2.45) is 5.73 Å². The molecule has 8 nitrogen and oxygen atoms in total. The van der Waals surface area contributed by atoms with Gasteiger partial charge in [-0.05, 0) is 20.8 Å². The minimum atomic E-state index is -0.445. The zero-order valence-corrected chi connectivity index (χ0v) is 11.7. The van der Waals surface area contributed by atoms with Crippen molar-refractivity contribution in [3.8, 4) is 6.01 Å². The maximum atomic E-state index is 11.0. The summed E-state index contributed by atoms with van der Waals surface area (Å²) < 4.78 is 5.45. The number of nitrogens with zero attached hydrogens (tertiary/aromatic N) is 4. The predicted molar refractivity (Wildman–Crippen MR) is 72.2 cm³/mol. The molecule has 0 aliphatic carbocycles. The van der Waals surface area contributed by atoms with E-state index in [1.807, 2.05) is 20.8 Å². The molecule has 0 radical (unpaired) electrons. The first-order chi connectivity index (χ1) is 8.96. The van der Waals surface area contributed by atoms with Gasteiger partial charge in [-0.25, -0.2) is 0 Å². The van der Waals surface area contributed by atoms with Gasteiger partial charge in [0.2, 0.25) is 17.8 Å². The largest absolute Gasteiger partial charge is 0.461 e. The molecular weight excluding hydrogens is 248 g/mol. The molecule has 0 saturated heterocycles. The fourth-order valence-electron chi connectivity index (χ4n) is 1.37. The van der Waals surface area contributed by atoms with Crippen molar-refractivity contribution in [1.82, 2.24) is 15.0 Å². The fourth-order valence-corrected chi connectivity index (χ4v) is 1.37. The van der Waals surface area contributed by atoms with E-state index < -0.39 is 5.91 Å². The van der Waals surface area contributed by atoms with Gasteiger partial charge in [0.1, 0.15) is 0 Å². The van der Waals surface area contributed by atoms with Gasteiger partial charge in [0.05, 0.1) is 12.6 Å². The summed E-state index contributed by atoms with van der Waals surface area (Å²) in [6.07, 6.45) is -0.0498. The average Bonchev–Trinajstić information content (AvgIpc) is 2.34. The number of hydrogen-bond acceptors (Lipinski definition) is 7. The highest BCUT2D eigenvalue weighted by molar-refractivity contribution is 5.78. The summed E-state index contributed by atoms with van der Waals surface area (Å²) in [4.78, 5) is 25.1.